The average Bonchev–Trinajstić information content (AvgIpc) is 2.90. The van der Waals surface area contributed by atoms with E-state index in [2.05, 4.69) is 16.0 Å². The molecule has 0 aliphatic heterocycles. The summed E-state index contributed by atoms with van der Waals surface area (Å²) in [5, 5.41) is 17.7. The summed E-state index contributed by atoms with van der Waals surface area (Å²) in [6.07, 6.45) is 1.10. The van der Waals surface area contributed by atoms with E-state index in [0.717, 1.165) is 5.56 Å². The van der Waals surface area contributed by atoms with Crippen molar-refractivity contribution in [3.63, 3.8) is 0 Å². The number of hydrogen-bond acceptors (Lipinski definition) is 6. The van der Waals surface area contributed by atoms with Gasteiger partial charge < -0.3 is 30.6 Å². The molecule has 0 heterocycles. The molecule has 4 N–H and O–H groups in total. The Balaban J connectivity index is 2.17. The standard InChI is InChI=1S/C29H39N3O6/c1-5-20(4)26(28(36)30-23(17-33)15-19(2)3)32-27(35)25(16-21-11-13-24(34)14-12-21)31-29(37)38-18-22-9-7-6-8-10-22/h6-14,17,19-20,23,25-26,34H,5,15-16,18H2,1-4H3,(H,30,36)(H,31,37)(H,32,35)/t20?,23-,25-,26?/m0/s1. The lowest BCUT2D eigenvalue weighted by atomic mass is 9.96. The van der Waals surface area contributed by atoms with Crippen molar-refractivity contribution in [1.82, 2.24) is 16.0 Å². The van der Waals surface area contributed by atoms with Gasteiger partial charge in [0.25, 0.3) is 0 Å². The van der Waals surface area contributed by atoms with E-state index in [0.29, 0.717) is 24.7 Å². The first-order valence-electron chi connectivity index (χ1n) is 12.9. The van der Waals surface area contributed by atoms with Crippen LogP contribution in [0.2, 0.25) is 0 Å². The van der Waals surface area contributed by atoms with Gasteiger partial charge in [-0.3, -0.25) is 9.59 Å². The molecule has 0 bridgehead atoms. The largest absolute Gasteiger partial charge is 0.508 e. The van der Waals surface area contributed by atoms with Crippen LogP contribution >= 0.6 is 0 Å². The van der Waals surface area contributed by atoms with Crippen LogP contribution in [0.25, 0.3) is 0 Å². The van der Waals surface area contributed by atoms with E-state index in [1.165, 1.54) is 12.1 Å². The van der Waals surface area contributed by atoms with Crippen molar-refractivity contribution < 1.29 is 29.0 Å². The third-order valence-electron chi connectivity index (χ3n) is 6.21. The third-order valence-corrected chi connectivity index (χ3v) is 6.21. The predicted molar refractivity (Wildman–Crippen MR) is 144 cm³/mol. The number of rotatable bonds is 14. The molecule has 206 valence electrons. The van der Waals surface area contributed by atoms with E-state index in [-0.39, 0.29) is 30.6 Å². The van der Waals surface area contributed by atoms with Crippen molar-refractivity contribution in [2.45, 2.75) is 71.7 Å². The average molecular weight is 526 g/mol. The van der Waals surface area contributed by atoms with Gasteiger partial charge in [0.05, 0.1) is 6.04 Å². The van der Waals surface area contributed by atoms with E-state index in [1.54, 1.807) is 12.1 Å². The molecule has 0 saturated carbocycles. The zero-order valence-corrected chi connectivity index (χ0v) is 22.5. The lowest BCUT2D eigenvalue weighted by Crippen LogP contribution is -2.57. The highest BCUT2D eigenvalue weighted by molar-refractivity contribution is 5.92. The molecular weight excluding hydrogens is 486 g/mol. The molecule has 2 unspecified atom stereocenters. The molecule has 4 atom stereocenters. The second-order valence-corrected chi connectivity index (χ2v) is 9.88. The van der Waals surface area contributed by atoms with Gasteiger partial charge in [-0.1, -0.05) is 76.6 Å². The molecule has 0 aliphatic carbocycles. The topological polar surface area (TPSA) is 134 Å². The van der Waals surface area contributed by atoms with Gasteiger partial charge in [-0.2, -0.15) is 0 Å². The number of aromatic hydroxyl groups is 1. The van der Waals surface area contributed by atoms with E-state index in [1.807, 2.05) is 58.0 Å². The Bertz CT molecular complexity index is 1040. The number of carbonyl (C=O) groups is 4. The quantitative estimate of drug-likeness (QED) is 0.279. The number of ether oxygens (including phenoxy) is 1. The fourth-order valence-corrected chi connectivity index (χ4v) is 3.87. The highest BCUT2D eigenvalue weighted by Gasteiger charge is 2.31. The smallest absolute Gasteiger partial charge is 0.408 e. The van der Waals surface area contributed by atoms with Crippen molar-refractivity contribution in [1.29, 1.82) is 0 Å². The summed E-state index contributed by atoms with van der Waals surface area (Å²) in [6, 6.07) is 12.8. The van der Waals surface area contributed by atoms with Crippen LogP contribution in [-0.2, 0) is 32.1 Å². The fourth-order valence-electron chi connectivity index (χ4n) is 3.87. The summed E-state index contributed by atoms with van der Waals surface area (Å²) in [7, 11) is 0. The molecule has 2 aromatic carbocycles. The molecule has 9 nitrogen and oxygen atoms in total. The van der Waals surface area contributed by atoms with E-state index >= 15 is 0 Å². The number of phenols is 1. The molecule has 9 heteroatoms. The van der Waals surface area contributed by atoms with Crippen molar-refractivity contribution in [3.8, 4) is 5.75 Å². The van der Waals surface area contributed by atoms with Gasteiger partial charge >= 0.3 is 6.09 Å². The van der Waals surface area contributed by atoms with E-state index in [4.69, 9.17) is 4.74 Å². The Morgan fingerprint density at radius 2 is 1.55 bits per heavy atom. The van der Waals surface area contributed by atoms with E-state index < -0.39 is 36.0 Å². The maximum Gasteiger partial charge on any atom is 0.408 e. The van der Waals surface area contributed by atoms with Gasteiger partial charge in [-0.15, -0.1) is 0 Å². The molecule has 2 rings (SSSR count). The number of alkyl carbamates (subject to hydrolysis) is 1. The van der Waals surface area contributed by atoms with Crippen molar-refractivity contribution >= 4 is 24.2 Å². The van der Waals surface area contributed by atoms with Crippen LogP contribution < -0.4 is 16.0 Å². The minimum absolute atomic E-state index is 0.0288. The Hall–Kier alpha value is -3.88. The monoisotopic (exact) mass is 525 g/mol. The van der Waals surface area contributed by atoms with Gasteiger partial charge in [0.15, 0.2) is 0 Å². The third kappa shape index (κ3) is 10.2. The Morgan fingerprint density at radius 3 is 2.13 bits per heavy atom. The first-order chi connectivity index (χ1) is 18.1. The molecular formula is C29H39N3O6. The molecule has 0 radical (unpaired) electrons. The Kier molecular flexibility index (Phi) is 12.3. The summed E-state index contributed by atoms with van der Waals surface area (Å²) in [5.41, 5.74) is 1.48. The Labute approximate surface area is 224 Å². The van der Waals surface area contributed by atoms with Gasteiger partial charge in [0, 0.05) is 6.42 Å². The van der Waals surface area contributed by atoms with Crippen LogP contribution in [0, 0.1) is 11.8 Å². The SMILES string of the molecule is CCC(C)C(NC(=O)[C@H](Cc1ccc(O)cc1)NC(=O)OCc1ccccc1)C(=O)N[C@H](C=O)CC(C)C. The number of amides is 3. The lowest BCUT2D eigenvalue weighted by molar-refractivity contribution is -0.132. The summed E-state index contributed by atoms with van der Waals surface area (Å²) < 4.78 is 5.30. The first-order valence-corrected chi connectivity index (χ1v) is 12.9. The highest BCUT2D eigenvalue weighted by atomic mass is 16.5. The van der Waals surface area contributed by atoms with Crippen molar-refractivity contribution in [2.75, 3.05) is 0 Å². The maximum atomic E-state index is 13.4. The van der Waals surface area contributed by atoms with Crippen LogP contribution in [0.4, 0.5) is 4.79 Å². The molecule has 0 spiro atoms. The van der Waals surface area contributed by atoms with Gasteiger partial charge in [-0.25, -0.2) is 4.79 Å². The minimum atomic E-state index is -1.06. The molecule has 38 heavy (non-hydrogen) atoms. The normalized spacial score (nSPS) is 14.0. The number of nitrogens with one attached hydrogen (secondary N) is 3. The van der Waals surface area contributed by atoms with E-state index in [9.17, 15) is 24.3 Å². The predicted octanol–water partition coefficient (Wildman–Crippen LogP) is 3.49. The minimum Gasteiger partial charge on any atom is -0.508 e. The van der Waals surface area contributed by atoms with Gasteiger partial charge in [0.2, 0.25) is 11.8 Å². The summed E-state index contributed by atoms with van der Waals surface area (Å²) in [6.45, 7) is 7.66. The molecule has 3 amide bonds. The van der Waals surface area contributed by atoms with Crippen LogP contribution in [0.5, 0.6) is 5.75 Å². The molecule has 0 fully saturated rings. The molecule has 0 aliphatic rings. The fraction of sp³-hybridized carbons (Fsp3) is 0.448. The van der Waals surface area contributed by atoms with Crippen LogP contribution in [0.3, 0.4) is 0 Å². The summed E-state index contributed by atoms with van der Waals surface area (Å²) in [5.74, 6) is -0.987. The zero-order valence-electron chi connectivity index (χ0n) is 22.5. The summed E-state index contributed by atoms with van der Waals surface area (Å²) in [4.78, 5) is 50.6. The second-order valence-electron chi connectivity index (χ2n) is 9.88. The number of hydrogen-bond donors (Lipinski definition) is 4. The number of aldehydes is 1. The lowest BCUT2D eigenvalue weighted by Gasteiger charge is -2.27. The first kappa shape index (κ1) is 30.3. The van der Waals surface area contributed by atoms with Gasteiger partial charge in [-0.05, 0) is 41.5 Å². The van der Waals surface area contributed by atoms with Crippen molar-refractivity contribution in [3.05, 3.63) is 65.7 Å². The maximum absolute atomic E-state index is 13.4. The number of benzene rings is 2. The number of phenolic OH excluding ortho intramolecular Hbond substituents is 1. The number of carbonyl (C=O) groups excluding carboxylic acids is 4. The highest BCUT2D eigenvalue weighted by Crippen LogP contribution is 2.14. The van der Waals surface area contributed by atoms with Crippen LogP contribution in [0.15, 0.2) is 54.6 Å². The van der Waals surface area contributed by atoms with Gasteiger partial charge in [0.1, 0.15) is 30.7 Å². The van der Waals surface area contributed by atoms with Crippen LogP contribution in [-0.4, -0.2) is 47.4 Å². The summed E-state index contributed by atoms with van der Waals surface area (Å²) >= 11 is 0. The zero-order chi connectivity index (χ0) is 28.1. The molecule has 0 saturated heterocycles. The molecule has 2 aromatic rings. The molecule has 0 aromatic heterocycles. The Morgan fingerprint density at radius 1 is 0.895 bits per heavy atom. The van der Waals surface area contributed by atoms with Crippen LogP contribution in [0.1, 0.15) is 51.7 Å². The second kappa shape index (κ2) is 15.4. The van der Waals surface area contributed by atoms with Crippen molar-refractivity contribution in [2.24, 2.45) is 11.8 Å².